The van der Waals surface area contributed by atoms with Gasteiger partial charge in [-0.3, -0.25) is 9.69 Å². The van der Waals surface area contributed by atoms with Gasteiger partial charge < -0.3 is 5.32 Å². The molecule has 1 aromatic rings. The molecule has 0 fully saturated rings. The van der Waals surface area contributed by atoms with Crippen molar-refractivity contribution in [1.82, 2.24) is 10.2 Å². The molecule has 1 amide bonds. The van der Waals surface area contributed by atoms with Crippen molar-refractivity contribution < 1.29 is 4.79 Å². The van der Waals surface area contributed by atoms with Crippen molar-refractivity contribution in [2.24, 2.45) is 0 Å². The lowest BCUT2D eigenvalue weighted by Gasteiger charge is -2.17. The predicted octanol–water partition coefficient (Wildman–Crippen LogP) is 2.35. The Balaban J connectivity index is 2.38. The molecule has 0 radical (unpaired) electrons. The number of benzene rings is 1. The predicted molar refractivity (Wildman–Crippen MR) is 83.2 cm³/mol. The van der Waals surface area contributed by atoms with Gasteiger partial charge in [0.1, 0.15) is 0 Å². The second-order valence-corrected chi connectivity index (χ2v) is 4.77. The lowest BCUT2D eigenvalue weighted by Crippen LogP contribution is -2.24. The molecule has 20 heavy (non-hydrogen) atoms. The highest BCUT2D eigenvalue weighted by molar-refractivity contribution is 5.75. The van der Waals surface area contributed by atoms with Gasteiger partial charge in [0.25, 0.3) is 0 Å². The van der Waals surface area contributed by atoms with E-state index < -0.39 is 0 Å². The van der Waals surface area contributed by atoms with E-state index in [1.807, 2.05) is 6.92 Å². The highest BCUT2D eigenvalue weighted by atomic mass is 16.1. The smallest absolute Gasteiger partial charge is 0.220 e. The number of carbonyl (C=O) groups excluding carboxylic acids is 1. The van der Waals surface area contributed by atoms with Crippen LogP contribution in [-0.4, -0.2) is 30.4 Å². The summed E-state index contributed by atoms with van der Waals surface area (Å²) in [4.78, 5) is 13.3. The van der Waals surface area contributed by atoms with Crippen LogP contribution in [0.4, 0.5) is 0 Å². The summed E-state index contributed by atoms with van der Waals surface area (Å²) in [6, 6.07) is 8.59. The van der Waals surface area contributed by atoms with E-state index in [-0.39, 0.29) is 5.91 Å². The van der Waals surface area contributed by atoms with Gasteiger partial charge >= 0.3 is 0 Å². The van der Waals surface area contributed by atoms with Gasteiger partial charge in [0.15, 0.2) is 0 Å². The summed E-state index contributed by atoms with van der Waals surface area (Å²) in [5, 5.41) is 2.75. The monoisotopic (exact) mass is 272 g/mol. The minimum atomic E-state index is 0.0475. The first-order valence-electron chi connectivity index (χ1n) is 7.16. The van der Waals surface area contributed by atoms with Gasteiger partial charge in [-0.15, -0.1) is 0 Å². The van der Waals surface area contributed by atoms with Crippen LogP contribution in [0.5, 0.6) is 0 Å². The summed E-state index contributed by atoms with van der Waals surface area (Å²) in [5.41, 5.74) is 2.58. The van der Waals surface area contributed by atoms with Gasteiger partial charge in [-0.05, 0) is 19.0 Å². The summed E-state index contributed by atoms with van der Waals surface area (Å²) in [6.07, 6.45) is 0.510. The molecule has 0 aliphatic carbocycles. The van der Waals surface area contributed by atoms with E-state index in [1.165, 1.54) is 11.1 Å². The molecule has 0 aliphatic heterocycles. The number of amides is 1. The van der Waals surface area contributed by atoms with Crippen LogP contribution in [0.3, 0.4) is 0 Å². The van der Waals surface area contributed by atoms with Gasteiger partial charge in [-0.25, -0.2) is 0 Å². The van der Waals surface area contributed by atoms with Crippen LogP contribution < -0.4 is 5.32 Å². The molecule has 3 nitrogen and oxygen atoms in total. The third kappa shape index (κ3) is 6.40. The molecule has 0 unspecified atom stereocenters. The first kappa shape index (κ1) is 16.3. The maximum atomic E-state index is 11.0. The number of nitrogens with zero attached hydrogens (tertiary/aromatic N) is 1. The first-order valence-corrected chi connectivity index (χ1v) is 7.16. The van der Waals surface area contributed by atoms with Crippen LogP contribution in [0, 0.1) is 18.8 Å². The molecular formula is C17H24N2O. The van der Waals surface area contributed by atoms with Crippen LogP contribution in [0.25, 0.3) is 0 Å². The zero-order valence-electron chi connectivity index (χ0n) is 12.7. The number of carbonyl (C=O) groups is 1. The van der Waals surface area contributed by atoms with Gasteiger partial charge in [0, 0.05) is 13.0 Å². The Labute approximate surface area is 122 Å². The topological polar surface area (TPSA) is 32.3 Å². The maximum Gasteiger partial charge on any atom is 0.220 e. The van der Waals surface area contributed by atoms with Crippen molar-refractivity contribution in [2.75, 3.05) is 19.6 Å². The third-order valence-electron chi connectivity index (χ3n) is 3.10. The van der Waals surface area contributed by atoms with E-state index in [0.29, 0.717) is 13.0 Å². The van der Waals surface area contributed by atoms with Crippen molar-refractivity contribution in [2.45, 2.75) is 33.7 Å². The zero-order valence-corrected chi connectivity index (χ0v) is 12.7. The minimum Gasteiger partial charge on any atom is -0.345 e. The Morgan fingerprint density at radius 3 is 2.50 bits per heavy atom. The first-order chi connectivity index (χ1) is 9.65. The molecule has 3 heteroatoms. The number of aryl methyl sites for hydroxylation is 1. The fourth-order valence-corrected chi connectivity index (χ4v) is 1.73. The van der Waals surface area contributed by atoms with Crippen molar-refractivity contribution >= 4 is 5.91 Å². The van der Waals surface area contributed by atoms with E-state index in [1.54, 1.807) is 0 Å². The Bertz CT molecular complexity index is 468. The summed E-state index contributed by atoms with van der Waals surface area (Å²) < 4.78 is 0. The largest absolute Gasteiger partial charge is 0.345 e. The summed E-state index contributed by atoms with van der Waals surface area (Å²) in [5.74, 6) is 6.14. The molecule has 0 heterocycles. The Morgan fingerprint density at radius 2 is 1.90 bits per heavy atom. The number of hydrogen-bond donors (Lipinski definition) is 1. The molecule has 1 aromatic carbocycles. The molecular weight excluding hydrogens is 248 g/mol. The zero-order chi connectivity index (χ0) is 14.8. The fourth-order valence-electron chi connectivity index (χ4n) is 1.73. The average Bonchev–Trinajstić information content (AvgIpc) is 2.47. The normalized spacial score (nSPS) is 10.0. The van der Waals surface area contributed by atoms with Gasteiger partial charge in [0.2, 0.25) is 5.91 Å². The van der Waals surface area contributed by atoms with Crippen molar-refractivity contribution in [3.63, 3.8) is 0 Å². The molecule has 0 aromatic heterocycles. The highest BCUT2D eigenvalue weighted by Gasteiger charge is 2.01. The second kappa shape index (κ2) is 9.17. The van der Waals surface area contributed by atoms with Gasteiger partial charge in [-0.1, -0.05) is 55.5 Å². The van der Waals surface area contributed by atoms with E-state index in [0.717, 1.165) is 19.6 Å². The Hall–Kier alpha value is -1.79. The standard InChI is InChI=1S/C17H24N2O/c1-4-17(20)18-12-6-7-13-19(5-2)14-16-10-8-15(3)9-11-16/h8-11H,4-5,12-14H2,1-3H3,(H,18,20). The van der Waals surface area contributed by atoms with Crippen LogP contribution in [0.1, 0.15) is 31.4 Å². The molecule has 0 spiro atoms. The second-order valence-electron chi connectivity index (χ2n) is 4.77. The van der Waals surface area contributed by atoms with Crippen molar-refractivity contribution in [3.05, 3.63) is 35.4 Å². The lowest BCUT2D eigenvalue weighted by molar-refractivity contribution is -0.120. The SMILES string of the molecule is CCC(=O)NCC#CCN(CC)Cc1ccc(C)cc1. The Morgan fingerprint density at radius 1 is 1.20 bits per heavy atom. The number of hydrogen-bond acceptors (Lipinski definition) is 2. The molecule has 0 saturated heterocycles. The Kier molecular flexibility index (Phi) is 7.46. The summed E-state index contributed by atoms with van der Waals surface area (Å²) in [6.45, 7) is 9.10. The number of nitrogens with one attached hydrogen (secondary N) is 1. The van der Waals surface area contributed by atoms with E-state index in [4.69, 9.17) is 0 Å². The minimum absolute atomic E-state index is 0.0475. The van der Waals surface area contributed by atoms with Crippen LogP contribution in [0.2, 0.25) is 0 Å². The fraction of sp³-hybridized carbons (Fsp3) is 0.471. The van der Waals surface area contributed by atoms with E-state index >= 15 is 0 Å². The van der Waals surface area contributed by atoms with Crippen LogP contribution in [-0.2, 0) is 11.3 Å². The van der Waals surface area contributed by atoms with E-state index in [2.05, 4.69) is 60.2 Å². The number of rotatable bonds is 6. The molecule has 108 valence electrons. The quantitative estimate of drug-likeness (QED) is 0.806. The van der Waals surface area contributed by atoms with E-state index in [9.17, 15) is 4.79 Å². The molecule has 1 rings (SSSR count). The maximum absolute atomic E-state index is 11.0. The molecule has 0 aliphatic rings. The molecule has 0 bridgehead atoms. The third-order valence-corrected chi connectivity index (χ3v) is 3.10. The van der Waals surface area contributed by atoms with Crippen LogP contribution in [0.15, 0.2) is 24.3 Å². The van der Waals surface area contributed by atoms with Crippen molar-refractivity contribution in [3.8, 4) is 11.8 Å². The molecule has 0 saturated carbocycles. The van der Waals surface area contributed by atoms with Gasteiger partial charge in [-0.2, -0.15) is 0 Å². The molecule has 0 atom stereocenters. The van der Waals surface area contributed by atoms with Crippen molar-refractivity contribution in [1.29, 1.82) is 0 Å². The summed E-state index contributed by atoms with van der Waals surface area (Å²) in [7, 11) is 0. The molecule has 1 N–H and O–H groups in total. The summed E-state index contributed by atoms with van der Waals surface area (Å²) >= 11 is 0. The lowest BCUT2D eigenvalue weighted by atomic mass is 10.1. The van der Waals surface area contributed by atoms with Gasteiger partial charge in [0.05, 0.1) is 13.1 Å². The van der Waals surface area contributed by atoms with Crippen LogP contribution >= 0.6 is 0 Å². The average molecular weight is 272 g/mol. The highest BCUT2D eigenvalue weighted by Crippen LogP contribution is 2.06.